The van der Waals surface area contributed by atoms with Crippen LogP contribution < -0.4 is 0 Å². The SMILES string of the molecule is Cc1ccc(F)c(C(=O)c2c[nH]c3cccc(Br)c23)c1F. The van der Waals surface area contributed by atoms with E-state index in [9.17, 15) is 13.6 Å². The molecule has 0 amide bonds. The second-order valence-electron chi connectivity index (χ2n) is 4.75. The van der Waals surface area contributed by atoms with Crippen molar-refractivity contribution in [2.24, 2.45) is 0 Å². The van der Waals surface area contributed by atoms with Gasteiger partial charge >= 0.3 is 0 Å². The highest BCUT2D eigenvalue weighted by molar-refractivity contribution is 9.10. The molecule has 106 valence electrons. The molecule has 0 atom stereocenters. The van der Waals surface area contributed by atoms with Crippen molar-refractivity contribution in [2.45, 2.75) is 6.92 Å². The zero-order valence-corrected chi connectivity index (χ0v) is 12.6. The maximum Gasteiger partial charge on any atom is 0.201 e. The van der Waals surface area contributed by atoms with Crippen molar-refractivity contribution in [3.05, 3.63) is 69.3 Å². The number of aromatic nitrogens is 1. The molecule has 0 bridgehead atoms. The standard InChI is InChI=1S/C16H10BrF2NO/c1-8-5-6-11(18)14(15(8)19)16(21)9-7-20-12-4-2-3-10(17)13(9)12/h2-7,20H,1H3. The average molecular weight is 350 g/mol. The molecule has 0 aliphatic rings. The molecule has 21 heavy (non-hydrogen) atoms. The summed E-state index contributed by atoms with van der Waals surface area (Å²) in [6, 6.07) is 7.79. The number of H-pyrrole nitrogens is 1. The minimum Gasteiger partial charge on any atom is -0.360 e. The van der Waals surface area contributed by atoms with Crippen LogP contribution in [0, 0.1) is 18.6 Å². The van der Waals surface area contributed by atoms with E-state index >= 15 is 0 Å². The molecule has 0 saturated heterocycles. The normalized spacial score (nSPS) is 11.0. The van der Waals surface area contributed by atoms with Gasteiger partial charge in [-0.2, -0.15) is 0 Å². The quantitative estimate of drug-likeness (QED) is 0.665. The van der Waals surface area contributed by atoms with Crippen LogP contribution in [-0.4, -0.2) is 10.8 Å². The molecule has 0 spiro atoms. The van der Waals surface area contributed by atoms with Crippen LogP contribution in [0.15, 0.2) is 41.0 Å². The van der Waals surface area contributed by atoms with E-state index in [4.69, 9.17) is 0 Å². The predicted molar refractivity (Wildman–Crippen MR) is 80.5 cm³/mol. The van der Waals surface area contributed by atoms with E-state index in [0.29, 0.717) is 9.86 Å². The first kappa shape index (κ1) is 13.9. The summed E-state index contributed by atoms with van der Waals surface area (Å²) in [5.41, 5.74) is 0.673. The number of benzene rings is 2. The third kappa shape index (κ3) is 2.17. The van der Waals surface area contributed by atoms with Gasteiger partial charge in [-0.1, -0.05) is 28.1 Å². The molecule has 0 radical (unpaired) electrons. The number of halogens is 3. The van der Waals surface area contributed by atoms with Crippen LogP contribution in [0.3, 0.4) is 0 Å². The van der Waals surface area contributed by atoms with Crippen molar-refractivity contribution in [3.63, 3.8) is 0 Å². The van der Waals surface area contributed by atoms with Crippen LogP contribution in [0.5, 0.6) is 0 Å². The summed E-state index contributed by atoms with van der Waals surface area (Å²) in [6.07, 6.45) is 1.47. The van der Waals surface area contributed by atoms with Crippen LogP contribution >= 0.6 is 15.9 Å². The number of rotatable bonds is 2. The van der Waals surface area contributed by atoms with Crippen LogP contribution in [0.2, 0.25) is 0 Å². The Bertz CT molecular complexity index is 870. The second-order valence-corrected chi connectivity index (χ2v) is 5.60. The molecule has 0 aliphatic carbocycles. The van der Waals surface area contributed by atoms with Crippen LogP contribution in [0.1, 0.15) is 21.5 Å². The van der Waals surface area contributed by atoms with Crippen LogP contribution in [0.4, 0.5) is 8.78 Å². The largest absolute Gasteiger partial charge is 0.360 e. The number of hydrogen-bond donors (Lipinski definition) is 1. The van der Waals surface area contributed by atoms with E-state index in [1.54, 1.807) is 12.1 Å². The molecular formula is C16H10BrF2NO. The topological polar surface area (TPSA) is 32.9 Å². The number of nitrogens with one attached hydrogen (secondary N) is 1. The van der Waals surface area contributed by atoms with Gasteiger partial charge in [0.2, 0.25) is 5.78 Å². The van der Waals surface area contributed by atoms with Gasteiger partial charge in [-0.3, -0.25) is 4.79 Å². The Labute approximate surface area is 127 Å². The number of aromatic amines is 1. The molecule has 0 fully saturated rings. The monoisotopic (exact) mass is 349 g/mol. The van der Waals surface area contributed by atoms with Gasteiger partial charge in [0.25, 0.3) is 0 Å². The van der Waals surface area contributed by atoms with Crippen LogP contribution in [-0.2, 0) is 0 Å². The summed E-state index contributed by atoms with van der Waals surface area (Å²) < 4.78 is 28.7. The second kappa shape index (κ2) is 5.07. The lowest BCUT2D eigenvalue weighted by Crippen LogP contribution is -2.08. The number of aryl methyl sites for hydroxylation is 1. The molecule has 2 nitrogen and oxygen atoms in total. The van der Waals surface area contributed by atoms with E-state index < -0.39 is 23.0 Å². The van der Waals surface area contributed by atoms with Crippen molar-refractivity contribution in [3.8, 4) is 0 Å². The van der Waals surface area contributed by atoms with E-state index in [1.165, 1.54) is 19.2 Å². The number of ketones is 1. The smallest absolute Gasteiger partial charge is 0.201 e. The fourth-order valence-electron chi connectivity index (χ4n) is 2.32. The van der Waals surface area contributed by atoms with Gasteiger partial charge in [0.1, 0.15) is 11.6 Å². The first-order valence-electron chi connectivity index (χ1n) is 6.25. The third-order valence-corrected chi connectivity index (χ3v) is 4.07. The van der Waals surface area contributed by atoms with E-state index in [2.05, 4.69) is 20.9 Å². The Hall–Kier alpha value is -2.01. The molecule has 1 heterocycles. The van der Waals surface area contributed by atoms with Gasteiger partial charge in [-0.05, 0) is 30.7 Å². The Kier molecular flexibility index (Phi) is 3.37. The maximum atomic E-state index is 14.1. The zero-order chi connectivity index (χ0) is 15.1. The van der Waals surface area contributed by atoms with Crippen LogP contribution in [0.25, 0.3) is 10.9 Å². The molecule has 2 aromatic carbocycles. The molecule has 3 rings (SSSR count). The van der Waals surface area contributed by atoms with Gasteiger partial charge < -0.3 is 4.98 Å². The van der Waals surface area contributed by atoms with Crippen molar-refractivity contribution >= 4 is 32.6 Å². The number of hydrogen-bond acceptors (Lipinski definition) is 1. The van der Waals surface area contributed by atoms with E-state index in [0.717, 1.165) is 11.6 Å². The minimum absolute atomic E-state index is 0.235. The molecule has 3 aromatic rings. The van der Waals surface area contributed by atoms with Crippen molar-refractivity contribution in [1.82, 2.24) is 4.98 Å². The summed E-state index contributed by atoms with van der Waals surface area (Å²) in [4.78, 5) is 15.5. The van der Waals surface area contributed by atoms with Gasteiger partial charge in [0, 0.05) is 27.1 Å². The van der Waals surface area contributed by atoms with Gasteiger partial charge in [-0.15, -0.1) is 0 Å². The first-order valence-corrected chi connectivity index (χ1v) is 7.05. The Morgan fingerprint density at radius 1 is 1.19 bits per heavy atom. The van der Waals surface area contributed by atoms with E-state index in [-0.39, 0.29) is 11.1 Å². The Morgan fingerprint density at radius 2 is 1.95 bits per heavy atom. The summed E-state index contributed by atoms with van der Waals surface area (Å²) >= 11 is 3.36. The molecule has 5 heteroatoms. The van der Waals surface area contributed by atoms with Crippen molar-refractivity contribution in [2.75, 3.05) is 0 Å². The third-order valence-electron chi connectivity index (χ3n) is 3.41. The summed E-state index contributed by atoms with van der Waals surface area (Å²) in [7, 11) is 0. The summed E-state index contributed by atoms with van der Waals surface area (Å²) in [5.74, 6) is -2.35. The molecule has 1 N–H and O–H groups in total. The highest BCUT2D eigenvalue weighted by atomic mass is 79.9. The lowest BCUT2D eigenvalue weighted by atomic mass is 10.00. The summed E-state index contributed by atoms with van der Waals surface area (Å²) in [6.45, 7) is 1.50. The van der Waals surface area contributed by atoms with E-state index in [1.807, 2.05) is 6.07 Å². The zero-order valence-electron chi connectivity index (χ0n) is 11.0. The Balaban J connectivity index is 2.25. The lowest BCUT2D eigenvalue weighted by molar-refractivity contribution is 0.103. The predicted octanol–water partition coefficient (Wildman–Crippen LogP) is 4.75. The van der Waals surface area contributed by atoms with Gasteiger partial charge in [0.05, 0.1) is 5.56 Å². The van der Waals surface area contributed by atoms with Crippen molar-refractivity contribution in [1.29, 1.82) is 0 Å². The lowest BCUT2D eigenvalue weighted by Gasteiger charge is -2.06. The van der Waals surface area contributed by atoms with Crippen molar-refractivity contribution < 1.29 is 13.6 Å². The number of carbonyl (C=O) groups is 1. The maximum absolute atomic E-state index is 14.1. The molecule has 0 unspecified atom stereocenters. The average Bonchev–Trinajstić information content (AvgIpc) is 2.88. The highest BCUT2D eigenvalue weighted by Gasteiger charge is 2.23. The number of carbonyl (C=O) groups excluding carboxylic acids is 1. The number of fused-ring (bicyclic) bond motifs is 1. The highest BCUT2D eigenvalue weighted by Crippen LogP contribution is 2.30. The minimum atomic E-state index is -0.857. The molecule has 0 aliphatic heterocycles. The molecule has 1 aromatic heterocycles. The van der Waals surface area contributed by atoms with Gasteiger partial charge in [-0.25, -0.2) is 8.78 Å². The first-order chi connectivity index (χ1) is 10.0. The fourth-order valence-corrected chi connectivity index (χ4v) is 2.90. The van der Waals surface area contributed by atoms with Gasteiger partial charge in [0.15, 0.2) is 0 Å². The molecule has 0 saturated carbocycles. The fraction of sp³-hybridized carbons (Fsp3) is 0.0625. The summed E-state index contributed by atoms with van der Waals surface area (Å²) in [5, 5.41) is 0.614. The Morgan fingerprint density at radius 3 is 2.71 bits per heavy atom. The molecular weight excluding hydrogens is 340 g/mol.